The summed E-state index contributed by atoms with van der Waals surface area (Å²) >= 11 is 0. The number of unbranched alkanes of at least 4 members (excludes halogenated alkanes) is 2. The first-order valence-corrected chi connectivity index (χ1v) is 5.70. The fourth-order valence-electron chi connectivity index (χ4n) is 1.44. The van der Waals surface area contributed by atoms with Crippen LogP contribution in [0.1, 0.15) is 32.6 Å². The standard InChI is InChI=1S/C12H20N2O/c1-2-3-4-8-13-12(15)7-11-14-9-5-6-10-14/h5-6,9-10H,2-4,7-8,11H2,1H3,(H,13,15). The summed E-state index contributed by atoms with van der Waals surface area (Å²) in [6.45, 7) is 3.75. The molecule has 1 amide bonds. The van der Waals surface area contributed by atoms with Crippen molar-refractivity contribution < 1.29 is 4.79 Å². The first kappa shape index (κ1) is 11.8. The molecule has 0 radical (unpaired) electrons. The lowest BCUT2D eigenvalue weighted by atomic mass is 10.2. The van der Waals surface area contributed by atoms with Gasteiger partial charge in [0, 0.05) is 31.9 Å². The number of aromatic nitrogens is 1. The van der Waals surface area contributed by atoms with Crippen LogP contribution in [0.25, 0.3) is 0 Å². The minimum Gasteiger partial charge on any atom is -0.356 e. The molecule has 1 heterocycles. The van der Waals surface area contributed by atoms with E-state index in [-0.39, 0.29) is 5.91 Å². The molecule has 0 fully saturated rings. The Hall–Kier alpha value is -1.25. The van der Waals surface area contributed by atoms with Gasteiger partial charge in [0.1, 0.15) is 0 Å². The fourth-order valence-corrected chi connectivity index (χ4v) is 1.44. The van der Waals surface area contributed by atoms with E-state index >= 15 is 0 Å². The van der Waals surface area contributed by atoms with Crippen molar-refractivity contribution in [1.29, 1.82) is 0 Å². The molecule has 3 heteroatoms. The van der Waals surface area contributed by atoms with Crippen LogP contribution in [0.2, 0.25) is 0 Å². The lowest BCUT2D eigenvalue weighted by Crippen LogP contribution is -2.25. The lowest BCUT2D eigenvalue weighted by molar-refractivity contribution is -0.121. The Morgan fingerprint density at radius 3 is 2.67 bits per heavy atom. The van der Waals surface area contributed by atoms with Crippen molar-refractivity contribution in [2.45, 2.75) is 39.2 Å². The molecule has 1 aromatic heterocycles. The first-order chi connectivity index (χ1) is 7.33. The zero-order chi connectivity index (χ0) is 10.9. The van der Waals surface area contributed by atoms with Crippen molar-refractivity contribution in [3.8, 4) is 0 Å². The number of hydrogen-bond donors (Lipinski definition) is 1. The summed E-state index contributed by atoms with van der Waals surface area (Å²) in [7, 11) is 0. The van der Waals surface area contributed by atoms with Crippen molar-refractivity contribution in [2.24, 2.45) is 0 Å². The van der Waals surface area contributed by atoms with Crippen LogP contribution in [0.5, 0.6) is 0 Å². The van der Waals surface area contributed by atoms with Crippen LogP contribution in [0.4, 0.5) is 0 Å². The van der Waals surface area contributed by atoms with Crippen LogP contribution in [0, 0.1) is 0 Å². The average molecular weight is 208 g/mol. The SMILES string of the molecule is CCCCCNC(=O)CCn1cccc1. The molecule has 1 aromatic rings. The molecule has 3 nitrogen and oxygen atoms in total. The van der Waals surface area contributed by atoms with E-state index in [1.54, 1.807) is 0 Å². The Kier molecular flexibility index (Phi) is 5.59. The molecule has 84 valence electrons. The van der Waals surface area contributed by atoms with Crippen LogP contribution < -0.4 is 5.32 Å². The predicted molar refractivity (Wildman–Crippen MR) is 61.6 cm³/mol. The molecule has 1 rings (SSSR count). The number of amides is 1. The second-order valence-corrected chi connectivity index (χ2v) is 3.73. The van der Waals surface area contributed by atoms with Gasteiger partial charge in [-0.3, -0.25) is 4.79 Å². The van der Waals surface area contributed by atoms with Crippen molar-refractivity contribution in [1.82, 2.24) is 9.88 Å². The maximum Gasteiger partial charge on any atom is 0.221 e. The lowest BCUT2D eigenvalue weighted by Gasteiger charge is -2.05. The van der Waals surface area contributed by atoms with Crippen molar-refractivity contribution >= 4 is 5.91 Å². The van der Waals surface area contributed by atoms with Crippen LogP contribution in [-0.4, -0.2) is 17.0 Å². The number of carbonyl (C=O) groups excluding carboxylic acids is 1. The number of aryl methyl sites for hydroxylation is 1. The van der Waals surface area contributed by atoms with Crippen molar-refractivity contribution in [2.75, 3.05) is 6.54 Å². The molecule has 0 spiro atoms. The van der Waals surface area contributed by atoms with Gasteiger partial charge in [-0.15, -0.1) is 0 Å². The van der Waals surface area contributed by atoms with E-state index < -0.39 is 0 Å². The van der Waals surface area contributed by atoms with E-state index in [4.69, 9.17) is 0 Å². The number of carbonyl (C=O) groups is 1. The number of nitrogens with zero attached hydrogens (tertiary/aromatic N) is 1. The van der Waals surface area contributed by atoms with Gasteiger partial charge in [0.25, 0.3) is 0 Å². The third-order valence-electron chi connectivity index (χ3n) is 2.37. The van der Waals surface area contributed by atoms with E-state index in [0.717, 1.165) is 19.5 Å². The maximum atomic E-state index is 11.4. The van der Waals surface area contributed by atoms with E-state index in [1.165, 1.54) is 12.8 Å². The summed E-state index contributed by atoms with van der Waals surface area (Å²) in [5, 5.41) is 2.93. The summed E-state index contributed by atoms with van der Waals surface area (Å²) in [5.74, 6) is 0.153. The Labute approximate surface area is 91.5 Å². The van der Waals surface area contributed by atoms with E-state index in [9.17, 15) is 4.79 Å². The van der Waals surface area contributed by atoms with Crippen molar-refractivity contribution in [3.05, 3.63) is 24.5 Å². The third-order valence-corrected chi connectivity index (χ3v) is 2.37. The highest BCUT2D eigenvalue weighted by molar-refractivity contribution is 5.75. The monoisotopic (exact) mass is 208 g/mol. The molecule has 0 saturated heterocycles. The van der Waals surface area contributed by atoms with Gasteiger partial charge in [-0.05, 0) is 18.6 Å². The number of rotatable bonds is 7. The summed E-state index contributed by atoms with van der Waals surface area (Å²) in [6, 6.07) is 3.94. The zero-order valence-corrected chi connectivity index (χ0v) is 9.41. The minimum absolute atomic E-state index is 0.153. The van der Waals surface area contributed by atoms with E-state index in [2.05, 4.69) is 12.2 Å². The minimum atomic E-state index is 0.153. The van der Waals surface area contributed by atoms with Crippen LogP contribution in [0.3, 0.4) is 0 Å². The molecule has 0 unspecified atom stereocenters. The maximum absolute atomic E-state index is 11.4. The summed E-state index contributed by atoms with van der Waals surface area (Å²) in [4.78, 5) is 11.4. The first-order valence-electron chi connectivity index (χ1n) is 5.70. The summed E-state index contributed by atoms with van der Waals surface area (Å²) in [6.07, 6.45) is 8.00. The smallest absolute Gasteiger partial charge is 0.221 e. The molecule has 0 aliphatic rings. The second kappa shape index (κ2) is 7.10. The molecule has 1 N–H and O–H groups in total. The molecule has 0 aromatic carbocycles. The van der Waals surface area contributed by atoms with Crippen LogP contribution >= 0.6 is 0 Å². The molecule has 15 heavy (non-hydrogen) atoms. The van der Waals surface area contributed by atoms with Gasteiger partial charge < -0.3 is 9.88 Å². The predicted octanol–water partition coefficient (Wildman–Crippen LogP) is 2.18. The second-order valence-electron chi connectivity index (χ2n) is 3.73. The van der Waals surface area contributed by atoms with Crippen LogP contribution in [-0.2, 0) is 11.3 Å². The zero-order valence-electron chi connectivity index (χ0n) is 9.41. The highest BCUT2D eigenvalue weighted by Crippen LogP contribution is 1.94. The van der Waals surface area contributed by atoms with Gasteiger partial charge >= 0.3 is 0 Å². The van der Waals surface area contributed by atoms with E-state index in [1.807, 2.05) is 29.1 Å². The Morgan fingerprint density at radius 2 is 2.00 bits per heavy atom. The van der Waals surface area contributed by atoms with Gasteiger partial charge in [-0.2, -0.15) is 0 Å². The Bertz CT molecular complexity index is 267. The molecule has 0 atom stereocenters. The highest BCUT2D eigenvalue weighted by atomic mass is 16.1. The molecule has 0 aliphatic carbocycles. The van der Waals surface area contributed by atoms with Crippen LogP contribution in [0.15, 0.2) is 24.5 Å². The Morgan fingerprint density at radius 1 is 1.27 bits per heavy atom. The van der Waals surface area contributed by atoms with Gasteiger partial charge in [-0.1, -0.05) is 19.8 Å². The van der Waals surface area contributed by atoms with Gasteiger partial charge in [0.05, 0.1) is 0 Å². The molecular weight excluding hydrogens is 188 g/mol. The van der Waals surface area contributed by atoms with Gasteiger partial charge in [0.2, 0.25) is 5.91 Å². The normalized spacial score (nSPS) is 10.2. The van der Waals surface area contributed by atoms with Crippen molar-refractivity contribution in [3.63, 3.8) is 0 Å². The quantitative estimate of drug-likeness (QED) is 0.685. The summed E-state index contributed by atoms with van der Waals surface area (Å²) in [5.41, 5.74) is 0. The summed E-state index contributed by atoms with van der Waals surface area (Å²) < 4.78 is 2.02. The molecule has 0 bridgehead atoms. The fraction of sp³-hybridized carbons (Fsp3) is 0.583. The van der Waals surface area contributed by atoms with Gasteiger partial charge in [-0.25, -0.2) is 0 Å². The Balaban J connectivity index is 2.04. The molecular formula is C12H20N2O. The molecule has 0 aliphatic heterocycles. The number of nitrogens with one attached hydrogen (secondary N) is 1. The molecule has 0 saturated carbocycles. The number of hydrogen-bond acceptors (Lipinski definition) is 1. The largest absolute Gasteiger partial charge is 0.356 e. The van der Waals surface area contributed by atoms with Gasteiger partial charge in [0.15, 0.2) is 0 Å². The highest BCUT2D eigenvalue weighted by Gasteiger charge is 1.99. The van der Waals surface area contributed by atoms with E-state index in [0.29, 0.717) is 6.42 Å². The topological polar surface area (TPSA) is 34.0 Å². The average Bonchev–Trinajstić information content (AvgIpc) is 2.74. The third kappa shape index (κ3) is 5.25.